The van der Waals surface area contributed by atoms with Gasteiger partial charge in [0.15, 0.2) is 0 Å². The number of carboxylic acid groups (broad SMARTS) is 1. The fraction of sp³-hybridized carbons (Fsp3) is 0.357. The second-order valence-corrected chi connectivity index (χ2v) is 4.65. The molecule has 7 heteroatoms. The number of amides is 1. The molecule has 0 aliphatic heterocycles. The maximum absolute atomic E-state index is 11.8. The number of hydrogen-bond donors (Lipinski definition) is 3. The van der Waals surface area contributed by atoms with Crippen molar-refractivity contribution in [3.63, 3.8) is 0 Å². The van der Waals surface area contributed by atoms with Crippen LogP contribution in [0.3, 0.4) is 0 Å². The normalized spacial score (nSPS) is 12.2. The zero-order valence-electron chi connectivity index (χ0n) is 11.4. The van der Waals surface area contributed by atoms with Crippen LogP contribution in [0.4, 0.5) is 0 Å². The third-order valence-corrected chi connectivity index (χ3v) is 3.16. The van der Waals surface area contributed by atoms with Crippen molar-refractivity contribution in [3.05, 3.63) is 30.6 Å². The highest BCUT2D eigenvalue weighted by Crippen LogP contribution is 2.12. The summed E-state index contributed by atoms with van der Waals surface area (Å²) < 4.78 is 1.84. The van der Waals surface area contributed by atoms with Gasteiger partial charge < -0.3 is 20.1 Å². The molecule has 1 atom stereocenters. The lowest BCUT2D eigenvalue weighted by molar-refractivity contribution is -0.142. The van der Waals surface area contributed by atoms with Gasteiger partial charge in [-0.25, -0.2) is 9.78 Å². The molecule has 0 unspecified atom stereocenters. The first-order chi connectivity index (χ1) is 10.1. The number of aliphatic hydroxyl groups excluding tert-OH is 1. The van der Waals surface area contributed by atoms with Crippen molar-refractivity contribution < 1.29 is 19.8 Å². The van der Waals surface area contributed by atoms with Crippen molar-refractivity contribution in [2.24, 2.45) is 0 Å². The Kier molecular flexibility index (Phi) is 4.89. The molecule has 112 valence electrons. The van der Waals surface area contributed by atoms with Gasteiger partial charge in [0, 0.05) is 26.0 Å². The molecule has 0 saturated heterocycles. The number of nitrogens with zero attached hydrogens (tertiary/aromatic N) is 2. The number of carboxylic acids is 1. The minimum atomic E-state index is -1.15. The molecule has 1 amide bonds. The number of carbonyl (C=O) groups excluding carboxylic acids is 1. The molecule has 7 nitrogen and oxygen atoms in total. The summed E-state index contributed by atoms with van der Waals surface area (Å²) in [5.41, 5.74) is 1.78. The largest absolute Gasteiger partial charge is 0.480 e. The van der Waals surface area contributed by atoms with Gasteiger partial charge in [0.25, 0.3) is 0 Å². The number of para-hydroxylation sites is 2. The number of imidazole rings is 1. The molecular weight excluding hydrogens is 274 g/mol. The number of aryl methyl sites for hydroxylation is 1. The van der Waals surface area contributed by atoms with Crippen LogP contribution < -0.4 is 5.32 Å². The van der Waals surface area contributed by atoms with E-state index in [1.807, 2.05) is 28.8 Å². The van der Waals surface area contributed by atoms with Crippen LogP contribution in [0.15, 0.2) is 30.6 Å². The molecule has 1 aromatic heterocycles. The van der Waals surface area contributed by atoms with Crippen LogP contribution in [0.5, 0.6) is 0 Å². The summed E-state index contributed by atoms with van der Waals surface area (Å²) in [6.07, 6.45) is 1.80. The summed E-state index contributed by atoms with van der Waals surface area (Å²) in [4.78, 5) is 26.9. The van der Waals surface area contributed by atoms with Crippen molar-refractivity contribution in [2.75, 3.05) is 6.61 Å². The molecule has 2 rings (SSSR count). The summed E-state index contributed by atoms with van der Waals surface area (Å²) in [6.45, 7) is 0.126. The van der Waals surface area contributed by atoms with E-state index in [4.69, 9.17) is 10.2 Å². The number of nitrogens with one attached hydrogen (secondary N) is 1. The van der Waals surface area contributed by atoms with Crippen LogP contribution in [-0.2, 0) is 16.1 Å². The van der Waals surface area contributed by atoms with E-state index in [2.05, 4.69) is 10.3 Å². The zero-order valence-corrected chi connectivity index (χ0v) is 11.4. The Hall–Kier alpha value is -2.41. The van der Waals surface area contributed by atoms with Crippen molar-refractivity contribution in [1.82, 2.24) is 14.9 Å². The highest BCUT2D eigenvalue weighted by atomic mass is 16.4. The zero-order chi connectivity index (χ0) is 15.2. The molecule has 1 aromatic carbocycles. The Morgan fingerprint density at radius 3 is 2.81 bits per heavy atom. The summed E-state index contributed by atoms with van der Waals surface area (Å²) in [6, 6.07) is 6.52. The van der Waals surface area contributed by atoms with E-state index in [-0.39, 0.29) is 25.4 Å². The Labute approximate surface area is 121 Å². The summed E-state index contributed by atoms with van der Waals surface area (Å²) in [5.74, 6) is -1.51. The van der Waals surface area contributed by atoms with Crippen molar-refractivity contribution in [2.45, 2.75) is 25.4 Å². The fourth-order valence-electron chi connectivity index (χ4n) is 2.06. The predicted octanol–water partition coefficient (Wildman–Crippen LogP) is 0.378. The Balaban J connectivity index is 1.93. The lowest BCUT2D eigenvalue weighted by Gasteiger charge is -2.13. The molecule has 0 saturated carbocycles. The number of benzene rings is 1. The molecule has 0 bridgehead atoms. The average Bonchev–Trinajstić information content (AvgIpc) is 2.88. The average molecular weight is 291 g/mol. The van der Waals surface area contributed by atoms with E-state index in [0.29, 0.717) is 6.54 Å². The Bertz CT molecular complexity index is 638. The quantitative estimate of drug-likeness (QED) is 0.684. The van der Waals surface area contributed by atoms with Gasteiger partial charge >= 0.3 is 5.97 Å². The van der Waals surface area contributed by atoms with Crippen molar-refractivity contribution >= 4 is 22.9 Å². The maximum Gasteiger partial charge on any atom is 0.326 e. The van der Waals surface area contributed by atoms with E-state index in [9.17, 15) is 9.59 Å². The molecule has 0 aliphatic rings. The lowest BCUT2D eigenvalue weighted by atomic mass is 10.2. The van der Waals surface area contributed by atoms with E-state index in [0.717, 1.165) is 11.0 Å². The Morgan fingerprint density at radius 2 is 2.10 bits per heavy atom. The van der Waals surface area contributed by atoms with Gasteiger partial charge in [0.05, 0.1) is 17.4 Å². The first kappa shape index (κ1) is 15.0. The molecule has 1 heterocycles. The van der Waals surface area contributed by atoms with Crippen molar-refractivity contribution in [1.29, 1.82) is 0 Å². The van der Waals surface area contributed by atoms with Gasteiger partial charge in [-0.15, -0.1) is 0 Å². The molecule has 21 heavy (non-hydrogen) atoms. The third-order valence-electron chi connectivity index (χ3n) is 3.16. The standard InChI is InChI=1S/C14H17N3O4/c18-8-6-11(14(20)21)16-13(19)5-7-17-9-15-10-3-1-2-4-12(10)17/h1-4,9,11,18H,5-8H2,(H,16,19)(H,20,21)/t11-/m1/s1. The summed E-state index contributed by atoms with van der Waals surface area (Å²) in [7, 11) is 0. The number of aliphatic hydroxyl groups is 1. The first-order valence-corrected chi connectivity index (χ1v) is 6.64. The minimum absolute atomic E-state index is 0.00488. The Morgan fingerprint density at radius 1 is 1.33 bits per heavy atom. The van der Waals surface area contributed by atoms with Crippen LogP contribution >= 0.6 is 0 Å². The van der Waals surface area contributed by atoms with Crippen LogP contribution in [0.25, 0.3) is 11.0 Å². The van der Waals surface area contributed by atoms with E-state index >= 15 is 0 Å². The van der Waals surface area contributed by atoms with Crippen LogP contribution in [0, 0.1) is 0 Å². The van der Waals surface area contributed by atoms with Gasteiger partial charge in [-0.3, -0.25) is 4.79 Å². The summed E-state index contributed by atoms with van der Waals surface area (Å²) in [5, 5.41) is 20.1. The monoisotopic (exact) mass is 291 g/mol. The highest BCUT2D eigenvalue weighted by molar-refractivity contribution is 5.83. The number of rotatable bonds is 7. The number of aromatic nitrogens is 2. The van der Waals surface area contributed by atoms with E-state index in [1.54, 1.807) is 6.33 Å². The maximum atomic E-state index is 11.8. The topological polar surface area (TPSA) is 104 Å². The summed E-state index contributed by atoms with van der Waals surface area (Å²) >= 11 is 0. The molecule has 2 aromatic rings. The molecule has 3 N–H and O–H groups in total. The van der Waals surface area contributed by atoms with Crippen LogP contribution in [-0.4, -0.2) is 44.3 Å². The number of hydrogen-bond acceptors (Lipinski definition) is 4. The third kappa shape index (κ3) is 3.79. The number of carbonyl (C=O) groups is 2. The molecule has 0 aliphatic carbocycles. The SMILES string of the molecule is O=C(CCn1cnc2ccccc21)N[C@H](CCO)C(=O)O. The van der Waals surface area contributed by atoms with Gasteiger partial charge in [-0.1, -0.05) is 12.1 Å². The second kappa shape index (κ2) is 6.85. The predicted molar refractivity (Wildman–Crippen MR) is 75.6 cm³/mol. The van der Waals surface area contributed by atoms with Gasteiger partial charge in [-0.05, 0) is 12.1 Å². The minimum Gasteiger partial charge on any atom is -0.480 e. The fourth-order valence-corrected chi connectivity index (χ4v) is 2.06. The van der Waals surface area contributed by atoms with Gasteiger partial charge in [0.1, 0.15) is 6.04 Å². The second-order valence-electron chi connectivity index (χ2n) is 4.65. The highest BCUT2D eigenvalue weighted by Gasteiger charge is 2.18. The first-order valence-electron chi connectivity index (χ1n) is 6.64. The van der Waals surface area contributed by atoms with Gasteiger partial charge in [-0.2, -0.15) is 0 Å². The van der Waals surface area contributed by atoms with Crippen molar-refractivity contribution in [3.8, 4) is 0 Å². The molecule has 0 radical (unpaired) electrons. The smallest absolute Gasteiger partial charge is 0.326 e. The van der Waals surface area contributed by atoms with Crippen LogP contribution in [0.1, 0.15) is 12.8 Å². The van der Waals surface area contributed by atoms with Gasteiger partial charge in [0.2, 0.25) is 5.91 Å². The van der Waals surface area contributed by atoms with E-state index < -0.39 is 12.0 Å². The molecule has 0 spiro atoms. The molecule has 0 fully saturated rings. The van der Waals surface area contributed by atoms with E-state index in [1.165, 1.54) is 0 Å². The lowest BCUT2D eigenvalue weighted by Crippen LogP contribution is -2.41. The number of aliphatic carboxylic acids is 1. The van der Waals surface area contributed by atoms with Crippen LogP contribution in [0.2, 0.25) is 0 Å². The number of fused-ring (bicyclic) bond motifs is 1. The molecular formula is C14H17N3O4.